The molecule has 4 atom stereocenters. The zero-order valence-electron chi connectivity index (χ0n) is 9.40. The Morgan fingerprint density at radius 2 is 1.22 bits per heavy atom. The van der Waals surface area contributed by atoms with Gasteiger partial charge in [0, 0.05) is 12.8 Å². The van der Waals surface area contributed by atoms with Gasteiger partial charge in [-0.1, -0.05) is 0 Å². The van der Waals surface area contributed by atoms with Crippen LogP contribution in [0.3, 0.4) is 0 Å². The van der Waals surface area contributed by atoms with Crippen LogP contribution in [0.2, 0.25) is 0 Å². The van der Waals surface area contributed by atoms with E-state index in [2.05, 4.69) is 0 Å². The molecule has 0 spiro atoms. The zero-order chi connectivity index (χ0) is 13.6. The standard InChI is InChI=1S/C10H14O8/c11-7(12)9(15,1-5-3-17-5)10(16,8(13)14)2-6-4-18-6/h5-6,15-16H,1-4H2,(H,11,12)(H,13,14). The van der Waals surface area contributed by atoms with Crippen molar-refractivity contribution in [3.63, 3.8) is 0 Å². The first-order valence-corrected chi connectivity index (χ1v) is 5.44. The predicted octanol–water partition coefficient (Wildman–Crippen LogP) is -1.80. The van der Waals surface area contributed by atoms with E-state index in [9.17, 15) is 19.8 Å². The Kier molecular flexibility index (Phi) is 3.06. The third-order valence-corrected chi connectivity index (χ3v) is 3.24. The molecular weight excluding hydrogens is 248 g/mol. The Balaban J connectivity index is 2.27. The minimum atomic E-state index is -2.80. The Bertz CT molecular complexity index is 338. The van der Waals surface area contributed by atoms with Crippen LogP contribution in [0.4, 0.5) is 0 Å². The van der Waals surface area contributed by atoms with Gasteiger partial charge in [-0.15, -0.1) is 0 Å². The van der Waals surface area contributed by atoms with E-state index < -0.39 is 48.2 Å². The molecule has 2 saturated heterocycles. The molecule has 0 amide bonds. The van der Waals surface area contributed by atoms with Crippen molar-refractivity contribution >= 4 is 11.9 Å². The number of rotatable bonds is 7. The molecule has 8 nitrogen and oxygen atoms in total. The number of ether oxygens (including phenoxy) is 2. The number of hydrogen-bond acceptors (Lipinski definition) is 6. The second kappa shape index (κ2) is 4.16. The molecule has 2 fully saturated rings. The average Bonchev–Trinajstić information content (AvgIpc) is 3.12. The van der Waals surface area contributed by atoms with Gasteiger partial charge < -0.3 is 29.9 Å². The highest BCUT2D eigenvalue weighted by Gasteiger charge is 2.63. The van der Waals surface area contributed by atoms with Crippen molar-refractivity contribution in [3.8, 4) is 0 Å². The number of epoxide rings is 2. The predicted molar refractivity (Wildman–Crippen MR) is 53.9 cm³/mol. The normalized spacial score (nSPS) is 32.1. The summed E-state index contributed by atoms with van der Waals surface area (Å²) in [6, 6.07) is 0. The number of aliphatic hydroxyl groups is 2. The molecule has 0 radical (unpaired) electrons. The largest absolute Gasteiger partial charge is 0.479 e. The van der Waals surface area contributed by atoms with E-state index in [1.807, 2.05) is 0 Å². The Morgan fingerprint density at radius 3 is 1.39 bits per heavy atom. The van der Waals surface area contributed by atoms with Crippen LogP contribution in [-0.4, -0.2) is 69.0 Å². The van der Waals surface area contributed by atoms with Crippen molar-refractivity contribution in [2.45, 2.75) is 36.3 Å². The Labute approximate surface area is 102 Å². The van der Waals surface area contributed by atoms with Crippen molar-refractivity contribution in [3.05, 3.63) is 0 Å². The molecule has 102 valence electrons. The second-order valence-corrected chi connectivity index (χ2v) is 4.65. The Morgan fingerprint density at radius 1 is 0.944 bits per heavy atom. The van der Waals surface area contributed by atoms with E-state index in [0.717, 1.165) is 0 Å². The molecule has 8 heteroatoms. The quantitative estimate of drug-likeness (QED) is 0.394. The van der Waals surface area contributed by atoms with Crippen LogP contribution in [-0.2, 0) is 19.1 Å². The van der Waals surface area contributed by atoms with Gasteiger partial charge in [0.1, 0.15) is 0 Å². The molecule has 2 aliphatic heterocycles. The average molecular weight is 262 g/mol. The van der Waals surface area contributed by atoms with Gasteiger partial charge >= 0.3 is 11.9 Å². The molecule has 4 unspecified atom stereocenters. The number of carbonyl (C=O) groups is 2. The molecule has 0 bridgehead atoms. The molecular formula is C10H14O8. The van der Waals surface area contributed by atoms with Gasteiger partial charge in [-0.25, -0.2) is 9.59 Å². The molecule has 0 aromatic carbocycles. The summed E-state index contributed by atoms with van der Waals surface area (Å²) in [5, 5.41) is 38.3. The lowest BCUT2D eigenvalue weighted by Crippen LogP contribution is -2.64. The third kappa shape index (κ3) is 2.19. The van der Waals surface area contributed by atoms with E-state index in [0.29, 0.717) is 0 Å². The van der Waals surface area contributed by atoms with Gasteiger partial charge in [-0.3, -0.25) is 0 Å². The van der Waals surface area contributed by atoms with Gasteiger partial charge in [0.25, 0.3) is 0 Å². The summed E-state index contributed by atoms with van der Waals surface area (Å²) < 4.78 is 9.58. The minimum Gasteiger partial charge on any atom is -0.479 e. The van der Waals surface area contributed by atoms with Crippen LogP contribution < -0.4 is 0 Å². The van der Waals surface area contributed by atoms with Crippen LogP contribution in [0.15, 0.2) is 0 Å². The number of aliphatic carboxylic acids is 2. The molecule has 4 N–H and O–H groups in total. The topological polar surface area (TPSA) is 140 Å². The molecule has 2 rings (SSSR count). The smallest absolute Gasteiger partial charge is 0.339 e. The van der Waals surface area contributed by atoms with Gasteiger partial charge in [-0.2, -0.15) is 0 Å². The van der Waals surface area contributed by atoms with Gasteiger partial charge in [0.2, 0.25) is 11.2 Å². The summed E-state index contributed by atoms with van der Waals surface area (Å²) in [5.74, 6) is -3.58. The van der Waals surface area contributed by atoms with Gasteiger partial charge in [-0.05, 0) is 0 Å². The van der Waals surface area contributed by atoms with E-state index >= 15 is 0 Å². The molecule has 0 saturated carbocycles. The van der Waals surface area contributed by atoms with Crippen LogP contribution in [0, 0.1) is 0 Å². The number of hydrogen-bond donors (Lipinski definition) is 4. The first-order valence-electron chi connectivity index (χ1n) is 5.44. The summed E-state index contributed by atoms with van der Waals surface area (Å²) in [7, 11) is 0. The molecule has 0 aromatic rings. The zero-order valence-corrected chi connectivity index (χ0v) is 9.40. The molecule has 0 aliphatic carbocycles. The highest BCUT2D eigenvalue weighted by Crippen LogP contribution is 2.37. The molecule has 2 aliphatic rings. The maximum Gasteiger partial charge on any atom is 0.339 e. The number of carboxylic acid groups (broad SMARTS) is 2. The van der Waals surface area contributed by atoms with E-state index in [-0.39, 0.29) is 13.2 Å². The summed E-state index contributed by atoms with van der Waals surface area (Å²) >= 11 is 0. The van der Waals surface area contributed by atoms with Gasteiger partial charge in [0.05, 0.1) is 25.4 Å². The molecule has 18 heavy (non-hydrogen) atoms. The third-order valence-electron chi connectivity index (χ3n) is 3.24. The maximum atomic E-state index is 11.2. The fourth-order valence-electron chi connectivity index (χ4n) is 1.90. The maximum absolute atomic E-state index is 11.2. The lowest BCUT2D eigenvalue weighted by Gasteiger charge is -2.36. The summed E-state index contributed by atoms with van der Waals surface area (Å²) in [5.41, 5.74) is -5.60. The molecule has 2 heterocycles. The van der Waals surface area contributed by atoms with E-state index in [1.165, 1.54) is 0 Å². The highest BCUT2D eigenvalue weighted by atomic mass is 16.6. The van der Waals surface area contributed by atoms with Crippen LogP contribution in [0.1, 0.15) is 12.8 Å². The number of carboxylic acids is 2. The van der Waals surface area contributed by atoms with E-state index in [1.54, 1.807) is 0 Å². The summed E-state index contributed by atoms with van der Waals surface area (Å²) in [6.07, 6.45) is -2.04. The second-order valence-electron chi connectivity index (χ2n) is 4.65. The first kappa shape index (κ1) is 13.2. The lowest BCUT2D eigenvalue weighted by molar-refractivity contribution is -0.211. The Hall–Kier alpha value is -1.22. The van der Waals surface area contributed by atoms with Crippen molar-refractivity contribution in [2.75, 3.05) is 13.2 Å². The van der Waals surface area contributed by atoms with Crippen molar-refractivity contribution in [2.24, 2.45) is 0 Å². The molecule has 0 aromatic heterocycles. The highest BCUT2D eigenvalue weighted by molar-refractivity contribution is 5.90. The summed E-state index contributed by atoms with van der Waals surface area (Å²) in [6.45, 7) is 0.483. The first-order chi connectivity index (χ1) is 8.29. The van der Waals surface area contributed by atoms with Gasteiger partial charge in [0.15, 0.2) is 0 Å². The van der Waals surface area contributed by atoms with Crippen LogP contribution >= 0.6 is 0 Å². The fraction of sp³-hybridized carbons (Fsp3) is 0.800. The fourth-order valence-corrected chi connectivity index (χ4v) is 1.90. The van der Waals surface area contributed by atoms with E-state index in [4.69, 9.17) is 19.7 Å². The summed E-state index contributed by atoms with van der Waals surface area (Å²) in [4.78, 5) is 22.3. The van der Waals surface area contributed by atoms with Crippen molar-refractivity contribution in [1.82, 2.24) is 0 Å². The lowest BCUT2D eigenvalue weighted by atomic mass is 9.76. The van der Waals surface area contributed by atoms with Crippen molar-refractivity contribution < 1.29 is 39.5 Å². The minimum absolute atomic E-state index is 0.241. The SMILES string of the molecule is O=C(O)C(O)(CC1CO1)C(O)(CC1CO1)C(=O)O. The van der Waals surface area contributed by atoms with Crippen LogP contribution in [0.5, 0.6) is 0 Å². The van der Waals surface area contributed by atoms with Crippen LogP contribution in [0.25, 0.3) is 0 Å². The van der Waals surface area contributed by atoms with Crippen molar-refractivity contribution in [1.29, 1.82) is 0 Å². The monoisotopic (exact) mass is 262 g/mol.